The summed E-state index contributed by atoms with van der Waals surface area (Å²) in [6, 6.07) is 16.0. The van der Waals surface area contributed by atoms with Crippen LogP contribution >= 0.6 is 11.8 Å². The molecule has 0 radical (unpaired) electrons. The fourth-order valence-corrected chi connectivity index (χ4v) is 3.52. The highest BCUT2D eigenvalue weighted by Gasteiger charge is 2.30. The molecule has 1 aliphatic carbocycles. The summed E-state index contributed by atoms with van der Waals surface area (Å²) in [4.78, 5) is 25.2. The molecule has 142 valence electrons. The Balaban J connectivity index is 1.43. The Morgan fingerprint density at radius 3 is 2.54 bits per heavy atom. The molecule has 0 aliphatic heterocycles. The molecule has 0 saturated heterocycles. The lowest BCUT2D eigenvalue weighted by Crippen LogP contribution is -2.18. The molecule has 1 fully saturated rings. The van der Waals surface area contributed by atoms with E-state index >= 15 is 0 Å². The topological polar surface area (TPSA) is 103 Å². The van der Waals surface area contributed by atoms with Gasteiger partial charge in [-0.2, -0.15) is 0 Å². The molecular weight excluding hydrogens is 374 g/mol. The predicted molar refractivity (Wildman–Crippen MR) is 108 cm³/mol. The SMILES string of the molecule is Nn1c(SCC(=O)Nc2ccccc2C(=O)c2ccccc2)nnc1C1CC1. The molecule has 0 spiro atoms. The van der Waals surface area contributed by atoms with Gasteiger partial charge in [-0.05, 0) is 25.0 Å². The summed E-state index contributed by atoms with van der Waals surface area (Å²) >= 11 is 1.22. The van der Waals surface area contributed by atoms with Crippen molar-refractivity contribution in [2.24, 2.45) is 0 Å². The molecule has 1 amide bonds. The van der Waals surface area contributed by atoms with E-state index in [1.54, 1.807) is 36.4 Å². The number of thioether (sulfide) groups is 1. The standard InChI is InChI=1S/C20H19N5O2S/c21-25-19(14-10-11-14)23-24-20(25)28-12-17(26)22-16-9-5-4-8-15(16)18(27)13-6-2-1-3-7-13/h1-9,14H,10-12,21H2,(H,22,26). The van der Waals surface area contributed by atoms with Crippen LogP contribution in [0.2, 0.25) is 0 Å². The van der Waals surface area contributed by atoms with Crippen molar-refractivity contribution in [3.8, 4) is 0 Å². The number of ketones is 1. The van der Waals surface area contributed by atoms with Gasteiger partial charge in [-0.25, -0.2) is 4.68 Å². The van der Waals surface area contributed by atoms with Gasteiger partial charge in [0.25, 0.3) is 0 Å². The molecule has 4 rings (SSSR count). The molecule has 1 heterocycles. The van der Waals surface area contributed by atoms with Gasteiger partial charge in [-0.15, -0.1) is 10.2 Å². The second-order valence-electron chi connectivity index (χ2n) is 6.56. The monoisotopic (exact) mass is 393 g/mol. The molecule has 1 aliphatic rings. The van der Waals surface area contributed by atoms with E-state index in [9.17, 15) is 9.59 Å². The third kappa shape index (κ3) is 3.91. The van der Waals surface area contributed by atoms with Crippen LogP contribution in [-0.2, 0) is 4.79 Å². The number of para-hydroxylation sites is 1. The number of nitrogens with one attached hydrogen (secondary N) is 1. The number of carbonyl (C=O) groups is 2. The van der Waals surface area contributed by atoms with Gasteiger partial charge in [0.05, 0.1) is 11.4 Å². The molecule has 0 unspecified atom stereocenters. The highest BCUT2D eigenvalue weighted by atomic mass is 32.2. The summed E-state index contributed by atoms with van der Waals surface area (Å²) in [7, 11) is 0. The number of rotatable bonds is 7. The maximum absolute atomic E-state index is 12.8. The van der Waals surface area contributed by atoms with E-state index in [1.807, 2.05) is 18.2 Å². The van der Waals surface area contributed by atoms with E-state index in [0.717, 1.165) is 18.7 Å². The van der Waals surface area contributed by atoms with Crippen LogP contribution in [0.25, 0.3) is 0 Å². The first-order chi connectivity index (χ1) is 13.6. The van der Waals surface area contributed by atoms with Crippen molar-refractivity contribution in [2.45, 2.75) is 23.9 Å². The zero-order valence-electron chi connectivity index (χ0n) is 15.0. The van der Waals surface area contributed by atoms with Crippen LogP contribution in [0.1, 0.15) is 40.5 Å². The maximum Gasteiger partial charge on any atom is 0.234 e. The van der Waals surface area contributed by atoms with Crippen molar-refractivity contribution < 1.29 is 9.59 Å². The van der Waals surface area contributed by atoms with Gasteiger partial charge in [0.2, 0.25) is 11.1 Å². The number of hydrogen-bond acceptors (Lipinski definition) is 6. The number of anilines is 1. The summed E-state index contributed by atoms with van der Waals surface area (Å²) in [5.74, 6) is 6.90. The molecule has 1 saturated carbocycles. The summed E-state index contributed by atoms with van der Waals surface area (Å²) in [5, 5.41) is 11.5. The van der Waals surface area contributed by atoms with E-state index in [0.29, 0.717) is 27.9 Å². The number of benzene rings is 2. The first-order valence-electron chi connectivity index (χ1n) is 8.95. The van der Waals surface area contributed by atoms with Crippen LogP contribution in [-0.4, -0.2) is 32.3 Å². The summed E-state index contributed by atoms with van der Waals surface area (Å²) < 4.78 is 1.46. The van der Waals surface area contributed by atoms with Crippen molar-refractivity contribution in [1.82, 2.24) is 14.9 Å². The Morgan fingerprint density at radius 2 is 1.79 bits per heavy atom. The van der Waals surface area contributed by atoms with Crippen molar-refractivity contribution in [1.29, 1.82) is 0 Å². The first kappa shape index (κ1) is 18.2. The number of nitrogens with zero attached hydrogens (tertiary/aromatic N) is 3. The van der Waals surface area contributed by atoms with Crippen LogP contribution in [0.15, 0.2) is 59.8 Å². The fourth-order valence-electron chi connectivity index (χ4n) is 2.86. The summed E-state index contributed by atoms with van der Waals surface area (Å²) in [6.07, 6.45) is 2.15. The Hall–Kier alpha value is -3.13. The second kappa shape index (κ2) is 7.85. The quantitative estimate of drug-likeness (QED) is 0.363. The van der Waals surface area contributed by atoms with E-state index in [1.165, 1.54) is 16.4 Å². The van der Waals surface area contributed by atoms with Crippen molar-refractivity contribution in [3.05, 3.63) is 71.5 Å². The second-order valence-corrected chi connectivity index (χ2v) is 7.51. The number of amides is 1. The molecule has 7 nitrogen and oxygen atoms in total. The lowest BCUT2D eigenvalue weighted by atomic mass is 10.0. The molecule has 8 heteroatoms. The minimum absolute atomic E-state index is 0.119. The van der Waals surface area contributed by atoms with Crippen molar-refractivity contribution in [3.63, 3.8) is 0 Å². The van der Waals surface area contributed by atoms with Gasteiger partial charge in [0.1, 0.15) is 0 Å². The van der Waals surface area contributed by atoms with Gasteiger partial charge < -0.3 is 11.2 Å². The number of nitrogen functional groups attached to an aromatic ring is 1. The lowest BCUT2D eigenvalue weighted by molar-refractivity contribution is -0.113. The lowest BCUT2D eigenvalue weighted by Gasteiger charge is -2.10. The van der Waals surface area contributed by atoms with Crippen LogP contribution in [0.5, 0.6) is 0 Å². The average Bonchev–Trinajstić information content (AvgIpc) is 3.50. The number of carbonyl (C=O) groups excluding carboxylic acids is 2. The Kier molecular flexibility index (Phi) is 5.12. The van der Waals surface area contributed by atoms with Gasteiger partial charge in [-0.1, -0.05) is 54.2 Å². The van der Waals surface area contributed by atoms with Gasteiger partial charge in [0.15, 0.2) is 11.6 Å². The zero-order chi connectivity index (χ0) is 19.5. The minimum Gasteiger partial charge on any atom is -0.336 e. The van der Waals surface area contributed by atoms with Gasteiger partial charge >= 0.3 is 0 Å². The third-order valence-electron chi connectivity index (χ3n) is 4.45. The molecule has 3 aromatic rings. The Labute approximate surface area is 166 Å². The Bertz CT molecular complexity index is 1010. The molecule has 2 aromatic carbocycles. The first-order valence-corrected chi connectivity index (χ1v) is 9.94. The average molecular weight is 393 g/mol. The van der Waals surface area contributed by atoms with Crippen LogP contribution in [0, 0.1) is 0 Å². The number of nitrogens with two attached hydrogens (primary N) is 1. The maximum atomic E-state index is 12.8. The normalized spacial score (nSPS) is 13.3. The van der Waals surface area contributed by atoms with Crippen LogP contribution in [0.4, 0.5) is 5.69 Å². The summed E-state index contributed by atoms with van der Waals surface area (Å²) in [6.45, 7) is 0. The smallest absolute Gasteiger partial charge is 0.234 e. The molecule has 28 heavy (non-hydrogen) atoms. The molecule has 3 N–H and O–H groups in total. The van der Waals surface area contributed by atoms with E-state index in [4.69, 9.17) is 5.84 Å². The number of aromatic nitrogens is 3. The minimum atomic E-state index is -0.241. The molecule has 1 aromatic heterocycles. The third-order valence-corrected chi connectivity index (χ3v) is 5.39. The zero-order valence-corrected chi connectivity index (χ0v) is 15.9. The van der Waals surface area contributed by atoms with E-state index < -0.39 is 0 Å². The Morgan fingerprint density at radius 1 is 1.07 bits per heavy atom. The highest BCUT2D eigenvalue weighted by molar-refractivity contribution is 7.99. The summed E-state index contributed by atoms with van der Waals surface area (Å²) in [5.41, 5.74) is 1.50. The van der Waals surface area contributed by atoms with Crippen LogP contribution in [0.3, 0.4) is 0 Å². The van der Waals surface area contributed by atoms with Crippen LogP contribution < -0.4 is 11.2 Å². The van der Waals surface area contributed by atoms with Gasteiger partial charge in [0, 0.05) is 17.0 Å². The molecule has 0 atom stereocenters. The number of hydrogen-bond donors (Lipinski definition) is 2. The largest absolute Gasteiger partial charge is 0.336 e. The molecular formula is C20H19N5O2S. The van der Waals surface area contributed by atoms with Gasteiger partial charge in [-0.3, -0.25) is 9.59 Å². The fraction of sp³-hybridized carbons (Fsp3) is 0.200. The van der Waals surface area contributed by atoms with E-state index in [2.05, 4.69) is 15.5 Å². The molecule has 0 bridgehead atoms. The predicted octanol–water partition coefficient (Wildman–Crippen LogP) is 2.83. The van der Waals surface area contributed by atoms with Crippen molar-refractivity contribution in [2.75, 3.05) is 16.9 Å². The highest BCUT2D eigenvalue weighted by Crippen LogP contribution is 2.39. The van der Waals surface area contributed by atoms with Crippen molar-refractivity contribution >= 4 is 29.1 Å². The van der Waals surface area contributed by atoms with E-state index in [-0.39, 0.29) is 17.4 Å².